The Balaban J connectivity index is 2.06. The zero-order valence-electron chi connectivity index (χ0n) is 13.2. The number of rotatable bonds is 9. The molecule has 5 nitrogen and oxygen atoms in total. The van der Waals surface area contributed by atoms with Crippen LogP contribution >= 0.6 is 0 Å². The summed E-state index contributed by atoms with van der Waals surface area (Å²) in [6.45, 7) is 8.15. The Labute approximate surface area is 128 Å². The first-order chi connectivity index (χ1) is 9.96. The second-order valence-corrected chi connectivity index (χ2v) is 7.74. The molecule has 0 radical (unpaired) electrons. The molecule has 21 heavy (non-hydrogen) atoms. The summed E-state index contributed by atoms with van der Waals surface area (Å²) in [5.41, 5.74) is 1.04. The van der Waals surface area contributed by atoms with Crippen LogP contribution < -0.4 is 10.0 Å². The van der Waals surface area contributed by atoms with Gasteiger partial charge in [0.2, 0.25) is 10.0 Å². The van der Waals surface area contributed by atoms with E-state index >= 15 is 0 Å². The minimum atomic E-state index is -3.40. The molecule has 0 aliphatic heterocycles. The van der Waals surface area contributed by atoms with E-state index in [1.54, 1.807) is 12.3 Å². The van der Waals surface area contributed by atoms with Gasteiger partial charge in [0.05, 0.1) is 4.90 Å². The van der Waals surface area contributed by atoms with E-state index in [9.17, 15) is 8.42 Å². The maximum atomic E-state index is 12.3. The number of hydrogen-bond donors (Lipinski definition) is 2. The number of nitrogens with one attached hydrogen (secondary N) is 2. The molecule has 2 N–H and O–H groups in total. The maximum Gasteiger partial charge on any atom is 0.242 e. The van der Waals surface area contributed by atoms with Gasteiger partial charge in [-0.3, -0.25) is 0 Å². The van der Waals surface area contributed by atoms with Gasteiger partial charge in [-0.2, -0.15) is 0 Å². The molecule has 120 valence electrons. The third kappa shape index (κ3) is 4.56. The summed E-state index contributed by atoms with van der Waals surface area (Å²) in [6, 6.07) is 2.41. The van der Waals surface area contributed by atoms with Crippen LogP contribution in [0.15, 0.2) is 17.2 Å². The normalized spacial score (nSPS) is 17.1. The van der Waals surface area contributed by atoms with Gasteiger partial charge in [0.1, 0.15) is 0 Å². The number of nitrogens with zero attached hydrogens (tertiary/aromatic N) is 1. The minimum Gasteiger partial charge on any atom is -0.349 e. The number of aryl methyl sites for hydroxylation is 1. The minimum absolute atomic E-state index is 0.351. The van der Waals surface area contributed by atoms with Crippen molar-refractivity contribution in [2.75, 3.05) is 6.54 Å². The fourth-order valence-corrected chi connectivity index (χ4v) is 3.36. The predicted octanol–water partition coefficient (Wildman–Crippen LogP) is 2.08. The van der Waals surface area contributed by atoms with E-state index in [0.29, 0.717) is 23.4 Å². The van der Waals surface area contributed by atoms with Crippen molar-refractivity contribution < 1.29 is 8.42 Å². The Morgan fingerprint density at radius 2 is 2.10 bits per heavy atom. The van der Waals surface area contributed by atoms with Crippen molar-refractivity contribution in [1.82, 2.24) is 14.6 Å². The summed E-state index contributed by atoms with van der Waals surface area (Å²) in [5, 5.41) is 3.44. The molecule has 0 bridgehead atoms. The highest BCUT2D eigenvalue weighted by molar-refractivity contribution is 7.89. The highest BCUT2D eigenvalue weighted by Gasteiger charge is 2.22. The largest absolute Gasteiger partial charge is 0.349 e. The van der Waals surface area contributed by atoms with Crippen molar-refractivity contribution in [1.29, 1.82) is 0 Å². The first-order valence-electron chi connectivity index (χ1n) is 7.88. The first-order valence-corrected chi connectivity index (χ1v) is 9.36. The van der Waals surface area contributed by atoms with Crippen molar-refractivity contribution in [3.8, 4) is 0 Å². The van der Waals surface area contributed by atoms with Crippen LogP contribution in [0.25, 0.3) is 0 Å². The average Bonchev–Trinajstić information content (AvgIpc) is 3.20. The molecule has 0 aromatic carbocycles. The van der Waals surface area contributed by atoms with E-state index in [-0.39, 0.29) is 0 Å². The smallest absolute Gasteiger partial charge is 0.242 e. The zero-order valence-corrected chi connectivity index (χ0v) is 14.0. The monoisotopic (exact) mass is 313 g/mol. The summed E-state index contributed by atoms with van der Waals surface area (Å²) >= 11 is 0. The van der Waals surface area contributed by atoms with Crippen LogP contribution in [-0.2, 0) is 23.1 Å². The molecule has 1 unspecified atom stereocenters. The van der Waals surface area contributed by atoms with Gasteiger partial charge in [-0.25, -0.2) is 13.1 Å². The SMILES string of the molecule is CCC(C)CNS(=O)(=O)c1cc(CNC2CC2)n(CC)c1. The van der Waals surface area contributed by atoms with Crippen LogP contribution in [-0.4, -0.2) is 25.6 Å². The average molecular weight is 313 g/mol. The third-order valence-electron chi connectivity index (χ3n) is 4.08. The van der Waals surface area contributed by atoms with Gasteiger partial charge in [-0.15, -0.1) is 0 Å². The van der Waals surface area contributed by atoms with Crippen molar-refractivity contribution in [2.45, 2.75) is 64.1 Å². The molecule has 0 spiro atoms. The van der Waals surface area contributed by atoms with Gasteiger partial charge in [0.15, 0.2) is 0 Å². The zero-order chi connectivity index (χ0) is 15.5. The fraction of sp³-hybridized carbons (Fsp3) is 0.733. The molecule has 1 fully saturated rings. The van der Waals surface area contributed by atoms with Gasteiger partial charge >= 0.3 is 0 Å². The molecule has 6 heteroatoms. The van der Waals surface area contributed by atoms with Crippen LogP contribution in [0.1, 0.15) is 45.7 Å². The third-order valence-corrected chi connectivity index (χ3v) is 5.47. The van der Waals surface area contributed by atoms with Crippen LogP contribution in [0.3, 0.4) is 0 Å². The number of aromatic nitrogens is 1. The number of hydrogen-bond acceptors (Lipinski definition) is 3. The fourth-order valence-electron chi connectivity index (χ4n) is 2.13. The Bertz CT molecular complexity index is 561. The molecule has 0 saturated heterocycles. The molecule has 1 aromatic heterocycles. The summed E-state index contributed by atoms with van der Waals surface area (Å²) in [7, 11) is -3.40. The van der Waals surface area contributed by atoms with Crippen molar-refractivity contribution >= 4 is 10.0 Å². The van der Waals surface area contributed by atoms with Gasteiger partial charge in [-0.05, 0) is 31.7 Å². The van der Waals surface area contributed by atoms with Crippen molar-refractivity contribution in [3.63, 3.8) is 0 Å². The van der Waals surface area contributed by atoms with E-state index in [0.717, 1.165) is 25.2 Å². The Hall–Kier alpha value is -0.850. The van der Waals surface area contributed by atoms with Gasteiger partial charge < -0.3 is 9.88 Å². The lowest BCUT2D eigenvalue weighted by molar-refractivity contribution is 0.528. The Morgan fingerprint density at radius 3 is 2.67 bits per heavy atom. The van der Waals surface area contributed by atoms with Gasteiger partial charge in [-0.1, -0.05) is 20.3 Å². The van der Waals surface area contributed by atoms with Crippen LogP contribution in [0, 0.1) is 5.92 Å². The predicted molar refractivity (Wildman–Crippen MR) is 84.6 cm³/mol. The van der Waals surface area contributed by atoms with E-state index in [4.69, 9.17) is 0 Å². The molecule has 2 rings (SSSR count). The Morgan fingerprint density at radius 1 is 1.38 bits per heavy atom. The van der Waals surface area contributed by atoms with Gasteiger partial charge in [0, 0.05) is 37.6 Å². The topological polar surface area (TPSA) is 63.1 Å². The summed E-state index contributed by atoms with van der Waals surface area (Å²) < 4.78 is 29.4. The molecule has 1 atom stereocenters. The lowest BCUT2D eigenvalue weighted by Crippen LogP contribution is -2.28. The number of sulfonamides is 1. The Kier molecular flexibility index (Phi) is 5.46. The quantitative estimate of drug-likeness (QED) is 0.734. The molecule has 1 aliphatic rings. The van der Waals surface area contributed by atoms with E-state index in [1.165, 1.54) is 12.8 Å². The summed E-state index contributed by atoms with van der Waals surface area (Å²) in [5.74, 6) is 0.351. The molecular formula is C15H27N3O2S. The molecule has 1 heterocycles. The van der Waals surface area contributed by atoms with Crippen LogP contribution in [0.2, 0.25) is 0 Å². The maximum absolute atomic E-state index is 12.3. The first kappa shape index (κ1) is 16.5. The highest BCUT2D eigenvalue weighted by Crippen LogP contribution is 2.20. The van der Waals surface area contributed by atoms with Crippen molar-refractivity contribution in [2.24, 2.45) is 5.92 Å². The van der Waals surface area contributed by atoms with E-state index in [2.05, 4.69) is 17.0 Å². The van der Waals surface area contributed by atoms with Crippen LogP contribution in [0.4, 0.5) is 0 Å². The summed E-state index contributed by atoms with van der Waals surface area (Å²) in [4.78, 5) is 0.375. The second-order valence-electron chi connectivity index (χ2n) is 5.97. The molecule has 0 amide bonds. The van der Waals surface area contributed by atoms with Crippen molar-refractivity contribution in [3.05, 3.63) is 18.0 Å². The molecule has 1 aliphatic carbocycles. The van der Waals surface area contributed by atoms with Crippen LogP contribution in [0.5, 0.6) is 0 Å². The highest BCUT2D eigenvalue weighted by atomic mass is 32.2. The molecule has 1 aromatic rings. The lowest BCUT2D eigenvalue weighted by Gasteiger charge is -2.09. The molecule has 1 saturated carbocycles. The van der Waals surface area contributed by atoms with E-state index < -0.39 is 10.0 Å². The standard InChI is InChI=1S/C15H27N3O2S/c1-4-12(3)9-17-21(19,20)15-8-14(18(5-2)11-15)10-16-13-6-7-13/h8,11-13,16-17H,4-7,9-10H2,1-3H3. The second kappa shape index (κ2) is 6.94. The van der Waals surface area contributed by atoms with E-state index in [1.807, 2.05) is 18.4 Å². The summed E-state index contributed by atoms with van der Waals surface area (Å²) in [6.07, 6.45) is 5.17. The van der Waals surface area contributed by atoms with Gasteiger partial charge in [0.25, 0.3) is 0 Å². The molecular weight excluding hydrogens is 286 g/mol. The lowest BCUT2D eigenvalue weighted by atomic mass is 10.1.